The average Bonchev–Trinajstić information content (AvgIpc) is 3.04. The molecule has 0 aliphatic carbocycles. The Kier molecular flexibility index (Phi) is 17.5. The van der Waals surface area contributed by atoms with Crippen molar-refractivity contribution >= 4 is 23.6 Å². The summed E-state index contributed by atoms with van der Waals surface area (Å²) in [5.41, 5.74) is 0.785. The lowest BCUT2D eigenvalue weighted by Gasteiger charge is -2.31. The maximum Gasteiger partial charge on any atom is 0.251 e. The molecule has 2 rings (SSSR count). The van der Waals surface area contributed by atoms with Crippen molar-refractivity contribution in [3.8, 4) is 11.5 Å². The number of benzene rings is 1. The van der Waals surface area contributed by atoms with Crippen molar-refractivity contribution in [2.24, 2.45) is 17.8 Å². The summed E-state index contributed by atoms with van der Waals surface area (Å²) in [5, 5.41) is 19.9. The van der Waals surface area contributed by atoms with Gasteiger partial charge in [0.05, 0.1) is 20.3 Å². The van der Waals surface area contributed by atoms with Crippen LogP contribution in [0.5, 0.6) is 11.5 Å². The number of hydrogen-bond acceptors (Lipinski definition) is 7. The van der Waals surface area contributed by atoms with Crippen LogP contribution in [-0.4, -0.2) is 79.1 Å². The highest BCUT2D eigenvalue weighted by atomic mass is 16.5. The Labute approximate surface area is 287 Å². The van der Waals surface area contributed by atoms with Gasteiger partial charge in [-0.3, -0.25) is 19.2 Å². The lowest BCUT2D eigenvalue weighted by molar-refractivity contribution is -0.139. The van der Waals surface area contributed by atoms with E-state index < -0.39 is 35.9 Å². The van der Waals surface area contributed by atoms with Crippen molar-refractivity contribution in [1.29, 1.82) is 0 Å². The number of ether oxygens (including phenoxy) is 2. The summed E-state index contributed by atoms with van der Waals surface area (Å²) in [6.45, 7) is 9.80. The predicted molar refractivity (Wildman–Crippen MR) is 187 cm³/mol. The number of carbonyl (C=O) groups is 4. The molecule has 1 aromatic carbocycles. The van der Waals surface area contributed by atoms with Crippen molar-refractivity contribution in [2.75, 3.05) is 21.3 Å². The second-order valence-electron chi connectivity index (χ2n) is 13.7. The first-order valence-electron chi connectivity index (χ1n) is 17.5. The van der Waals surface area contributed by atoms with Gasteiger partial charge in [0.15, 0.2) is 6.10 Å². The Balaban J connectivity index is 2.49. The topological polar surface area (TPSA) is 146 Å². The van der Waals surface area contributed by atoms with Gasteiger partial charge < -0.3 is 35.4 Å². The number of carbonyl (C=O) groups excluding carboxylic acids is 4. The molecule has 0 aromatic heterocycles. The predicted octanol–water partition coefficient (Wildman–Crippen LogP) is 4.51. The van der Waals surface area contributed by atoms with Crippen LogP contribution in [0.15, 0.2) is 30.4 Å². The zero-order valence-electron chi connectivity index (χ0n) is 30.3. The summed E-state index contributed by atoms with van der Waals surface area (Å²) in [6.07, 6.45) is 8.02. The Morgan fingerprint density at radius 2 is 1.77 bits per heavy atom. The van der Waals surface area contributed by atoms with E-state index in [4.69, 9.17) is 9.47 Å². The standard InChI is InChI=1S/C37H60N4O7/c1-9-15-26-16-13-11-10-12-14-17-27(37(46)41(6)23-28-18-19-29(47-7)22-32(28)48-8)21-30(33(42)36(45)38-25(4)5)39-35(44)31(20-24(2)3)40-34(26)43/h12,14,18-19,22,24-27,30-31,33,42H,9-11,13,15-17,20-21,23H2,1-8H3,(H,38,45)(H,39,44)(H,40,43)/b14-12-/t26?,27?,30-,31-,33+/m0/s1. The molecular formula is C37H60N4O7. The van der Waals surface area contributed by atoms with Crippen molar-refractivity contribution < 1.29 is 33.8 Å². The number of methoxy groups -OCH3 is 2. The maximum absolute atomic E-state index is 14.1. The van der Waals surface area contributed by atoms with Gasteiger partial charge in [0.2, 0.25) is 17.7 Å². The summed E-state index contributed by atoms with van der Waals surface area (Å²) in [5.74, 6) is -1.05. The molecule has 4 amide bonds. The maximum atomic E-state index is 14.1. The molecule has 1 heterocycles. The first-order chi connectivity index (χ1) is 22.8. The fraction of sp³-hybridized carbons (Fsp3) is 0.676. The van der Waals surface area contributed by atoms with E-state index >= 15 is 0 Å². The van der Waals surface area contributed by atoms with Gasteiger partial charge in [-0.05, 0) is 76.8 Å². The lowest BCUT2D eigenvalue weighted by atomic mass is 9.90. The molecule has 270 valence electrons. The van der Waals surface area contributed by atoms with Crippen LogP contribution in [0, 0.1) is 17.8 Å². The molecule has 4 N–H and O–H groups in total. The number of aliphatic hydroxyl groups excluding tert-OH is 1. The highest BCUT2D eigenvalue weighted by molar-refractivity contribution is 5.90. The van der Waals surface area contributed by atoms with Gasteiger partial charge in [-0.15, -0.1) is 0 Å². The first kappa shape index (κ1) is 40.6. The van der Waals surface area contributed by atoms with Gasteiger partial charge >= 0.3 is 0 Å². The number of nitrogens with one attached hydrogen (secondary N) is 3. The second kappa shape index (κ2) is 20.7. The van der Waals surface area contributed by atoms with Crippen LogP contribution in [0.1, 0.15) is 98.0 Å². The largest absolute Gasteiger partial charge is 0.497 e. The van der Waals surface area contributed by atoms with E-state index in [1.54, 1.807) is 52.1 Å². The quantitative estimate of drug-likeness (QED) is 0.239. The highest BCUT2D eigenvalue weighted by Gasteiger charge is 2.36. The highest BCUT2D eigenvalue weighted by Crippen LogP contribution is 2.27. The molecule has 5 atom stereocenters. The van der Waals surface area contributed by atoms with Crippen LogP contribution in [0.25, 0.3) is 0 Å². The number of allylic oxidation sites excluding steroid dienone is 2. The van der Waals surface area contributed by atoms with Gasteiger partial charge in [0.25, 0.3) is 5.91 Å². The molecule has 0 saturated carbocycles. The Morgan fingerprint density at radius 3 is 2.40 bits per heavy atom. The monoisotopic (exact) mass is 672 g/mol. The second-order valence-corrected chi connectivity index (χ2v) is 13.7. The molecule has 1 aliphatic heterocycles. The number of aliphatic hydroxyl groups is 1. The molecule has 48 heavy (non-hydrogen) atoms. The zero-order chi connectivity index (χ0) is 35.8. The molecular weight excluding hydrogens is 612 g/mol. The minimum absolute atomic E-state index is 0.00644. The van der Waals surface area contributed by atoms with E-state index in [0.29, 0.717) is 24.3 Å². The van der Waals surface area contributed by atoms with Gasteiger partial charge in [0.1, 0.15) is 17.5 Å². The molecule has 1 aliphatic rings. The van der Waals surface area contributed by atoms with Crippen LogP contribution >= 0.6 is 0 Å². The third kappa shape index (κ3) is 13.1. The molecule has 1 aromatic rings. The molecule has 11 nitrogen and oxygen atoms in total. The van der Waals surface area contributed by atoms with E-state index in [-0.39, 0.29) is 42.7 Å². The average molecular weight is 673 g/mol. The SMILES string of the molecule is CCCC1CCCC/C=C\CC(C(=O)N(C)Cc2ccc(OC)cc2OC)C[C@@H]([C@@H](O)C(=O)NC(C)C)NC(=O)[C@H](CC(C)C)NC1=O. The van der Waals surface area contributed by atoms with E-state index in [0.717, 1.165) is 44.1 Å². The van der Waals surface area contributed by atoms with Crippen molar-refractivity contribution in [2.45, 2.75) is 123 Å². The minimum Gasteiger partial charge on any atom is -0.497 e. The third-order valence-electron chi connectivity index (χ3n) is 8.68. The van der Waals surface area contributed by atoms with Crippen molar-refractivity contribution in [3.63, 3.8) is 0 Å². The number of rotatable bonds is 12. The van der Waals surface area contributed by atoms with Gasteiger partial charge in [-0.25, -0.2) is 0 Å². The Morgan fingerprint density at radius 1 is 1.04 bits per heavy atom. The summed E-state index contributed by atoms with van der Waals surface area (Å²) in [7, 11) is 4.83. The van der Waals surface area contributed by atoms with Crippen LogP contribution in [0.3, 0.4) is 0 Å². The van der Waals surface area contributed by atoms with Gasteiger partial charge in [0, 0.05) is 43.1 Å². The third-order valence-corrected chi connectivity index (χ3v) is 8.68. The summed E-state index contributed by atoms with van der Waals surface area (Å²) in [6, 6.07) is 3.22. The smallest absolute Gasteiger partial charge is 0.251 e. The summed E-state index contributed by atoms with van der Waals surface area (Å²) >= 11 is 0. The van der Waals surface area contributed by atoms with Gasteiger partial charge in [-0.1, -0.05) is 45.8 Å². The minimum atomic E-state index is -1.62. The number of amides is 4. The van der Waals surface area contributed by atoms with Crippen molar-refractivity contribution in [1.82, 2.24) is 20.9 Å². The van der Waals surface area contributed by atoms with Crippen LogP contribution in [-0.2, 0) is 25.7 Å². The first-order valence-corrected chi connectivity index (χ1v) is 17.5. The summed E-state index contributed by atoms with van der Waals surface area (Å²) < 4.78 is 10.9. The number of hydrogen-bond donors (Lipinski definition) is 4. The molecule has 2 unspecified atom stereocenters. The van der Waals surface area contributed by atoms with Crippen LogP contribution in [0.2, 0.25) is 0 Å². The van der Waals surface area contributed by atoms with Crippen LogP contribution < -0.4 is 25.4 Å². The molecule has 0 radical (unpaired) electrons. The summed E-state index contributed by atoms with van der Waals surface area (Å²) in [4.78, 5) is 56.1. The van der Waals surface area contributed by atoms with Gasteiger partial charge in [-0.2, -0.15) is 0 Å². The molecule has 0 fully saturated rings. The molecule has 0 saturated heterocycles. The number of nitrogens with zero attached hydrogens (tertiary/aromatic N) is 1. The normalized spacial score (nSPS) is 22.7. The van der Waals surface area contributed by atoms with E-state index in [1.165, 1.54) is 0 Å². The van der Waals surface area contributed by atoms with E-state index in [9.17, 15) is 24.3 Å². The Hall–Kier alpha value is -3.60. The van der Waals surface area contributed by atoms with E-state index in [2.05, 4.69) is 16.0 Å². The van der Waals surface area contributed by atoms with Crippen LogP contribution in [0.4, 0.5) is 0 Å². The van der Waals surface area contributed by atoms with Crippen molar-refractivity contribution in [3.05, 3.63) is 35.9 Å². The Bertz CT molecular complexity index is 1220. The fourth-order valence-corrected chi connectivity index (χ4v) is 6.11. The molecule has 11 heteroatoms. The fourth-order valence-electron chi connectivity index (χ4n) is 6.11. The van der Waals surface area contributed by atoms with E-state index in [1.807, 2.05) is 39.0 Å². The lowest BCUT2D eigenvalue weighted by Crippen LogP contribution is -2.57. The zero-order valence-corrected chi connectivity index (χ0v) is 30.3. The molecule has 0 spiro atoms. The molecule has 0 bridgehead atoms.